The Hall–Kier alpha value is -1.75. The molecule has 0 bridgehead atoms. The molecule has 0 amide bonds. The fourth-order valence-corrected chi connectivity index (χ4v) is 4.91. The fraction of sp³-hybridized carbons (Fsp3) is 0.240. The van der Waals surface area contributed by atoms with Crippen molar-refractivity contribution in [2.24, 2.45) is 0 Å². The van der Waals surface area contributed by atoms with Crippen molar-refractivity contribution < 1.29 is 10.2 Å². The molecule has 3 aromatic carbocycles. The SMILES string of the molecule is N#Cc1ccccc1-c1ccc(SCCCO)cc1.OCCCSc1cccc(Br)c1. The van der Waals surface area contributed by atoms with Gasteiger partial charge in [0.1, 0.15) is 0 Å². The van der Waals surface area contributed by atoms with E-state index < -0.39 is 0 Å². The normalized spacial score (nSPS) is 10.1. The summed E-state index contributed by atoms with van der Waals surface area (Å²) < 4.78 is 1.11. The van der Waals surface area contributed by atoms with Crippen molar-refractivity contribution in [1.29, 1.82) is 5.26 Å². The zero-order valence-electron chi connectivity index (χ0n) is 17.2. The van der Waals surface area contributed by atoms with Crippen LogP contribution in [-0.2, 0) is 0 Å². The molecule has 0 unspecified atom stereocenters. The Labute approximate surface area is 201 Å². The molecule has 3 rings (SSSR count). The van der Waals surface area contributed by atoms with Crippen molar-refractivity contribution in [3.05, 3.63) is 82.8 Å². The van der Waals surface area contributed by atoms with Crippen LogP contribution in [0.2, 0.25) is 0 Å². The van der Waals surface area contributed by atoms with Crippen molar-refractivity contribution in [1.82, 2.24) is 0 Å². The lowest BCUT2D eigenvalue weighted by atomic mass is 10.0. The second-order valence-electron chi connectivity index (χ2n) is 6.49. The van der Waals surface area contributed by atoms with Gasteiger partial charge in [-0.2, -0.15) is 5.26 Å². The van der Waals surface area contributed by atoms with Crippen LogP contribution in [0.4, 0.5) is 0 Å². The Morgan fingerprint density at radius 2 is 1.42 bits per heavy atom. The summed E-state index contributed by atoms with van der Waals surface area (Å²) in [4.78, 5) is 2.43. The Kier molecular flexibility index (Phi) is 12.4. The number of thioether (sulfide) groups is 2. The first kappa shape index (κ1) is 25.5. The van der Waals surface area contributed by atoms with Crippen LogP contribution in [0.1, 0.15) is 18.4 Å². The Bertz CT molecular complexity index is 958. The highest BCUT2D eigenvalue weighted by atomic mass is 79.9. The Morgan fingerprint density at radius 1 is 0.774 bits per heavy atom. The molecule has 0 heterocycles. The van der Waals surface area contributed by atoms with E-state index in [-0.39, 0.29) is 13.2 Å². The average molecular weight is 517 g/mol. The number of rotatable bonds is 9. The van der Waals surface area contributed by atoms with Crippen molar-refractivity contribution in [2.75, 3.05) is 24.7 Å². The minimum atomic E-state index is 0.237. The summed E-state index contributed by atoms with van der Waals surface area (Å²) in [6.07, 6.45) is 1.67. The molecule has 3 nitrogen and oxygen atoms in total. The van der Waals surface area contributed by atoms with E-state index in [4.69, 9.17) is 15.5 Å². The largest absolute Gasteiger partial charge is 0.396 e. The third-order valence-corrected chi connectivity index (χ3v) is 6.82. The lowest BCUT2D eigenvalue weighted by molar-refractivity contribution is 0.296. The van der Waals surface area contributed by atoms with E-state index in [1.165, 1.54) is 9.79 Å². The molecule has 0 radical (unpaired) electrons. The van der Waals surface area contributed by atoms with Gasteiger partial charge in [-0.05, 0) is 60.4 Å². The standard InChI is InChI=1S/C16H15NOS.C9H11BrOS/c17-12-14-4-1-2-5-16(14)13-6-8-15(9-7-13)19-11-3-10-18;10-8-3-1-4-9(7-8)12-6-2-5-11/h1-2,4-9,18H,3,10-11H2;1,3-4,7,11H,2,5-6H2. The van der Waals surface area contributed by atoms with Crippen LogP contribution in [0.15, 0.2) is 87.1 Å². The zero-order valence-corrected chi connectivity index (χ0v) is 20.4. The van der Waals surface area contributed by atoms with E-state index in [2.05, 4.69) is 46.3 Å². The molecular weight excluding hydrogens is 490 g/mol. The monoisotopic (exact) mass is 515 g/mol. The minimum absolute atomic E-state index is 0.237. The van der Waals surface area contributed by atoms with E-state index >= 15 is 0 Å². The van der Waals surface area contributed by atoms with Gasteiger partial charge in [-0.15, -0.1) is 23.5 Å². The second-order valence-corrected chi connectivity index (χ2v) is 9.74. The Balaban J connectivity index is 0.000000245. The summed E-state index contributed by atoms with van der Waals surface area (Å²) in [6, 6.07) is 26.2. The van der Waals surface area contributed by atoms with Crippen LogP contribution in [0.5, 0.6) is 0 Å². The van der Waals surface area contributed by atoms with Gasteiger partial charge >= 0.3 is 0 Å². The molecule has 0 atom stereocenters. The molecule has 0 spiro atoms. The second kappa shape index (κ2) is 15.1. The van der Waals surface area contributed by atoms with Crippen LogP contribution in [0.25, 0.3) is 11.1 Å². The molecule has 0 aromatic heterocycles. The quantitative estimate of drug-likeness (QED) is 0.247. The van der Waals surface area contributed by atoms with Gasteiger partial charge in [0.05, 0.1) is 11.6 Å². The van der Waals surface area contributed by atoms with Crippen molar-refractivity contribution >= 4 is 39.5 Å². The highest BCUT2D eigenvalue weighted by Gasteiger charge is 2.03. The number of hydrogen-bond acceptors (Lipinski definition) is 5. The molecule has 0 saturated heterocycles. The van der Waals surface area contributed by atoms with Crippen molar-refractivity contribution in [3.63, 3.8) is 0 Å². The van der Waals surface area contributed by atoms with E-state index in [0.717, 1.165) is 39.9 Å². The van der Waals surface area contributed by atoms with Crippen LogP contribution in [0, 0.1) is 11.3 Å². The number of aliphatic hydroxyl groups excluding tert-OH is 2. The highest BCUT2D eigenvalue weighted by Crippen LogP contribution is 2.26. The lowest BCUT2D eigenvalue weighted by Gasteiger charge is -2.05. The molecule has 3 aromatic rings. The van der Waals surface area contributed by atoms with Gasteiger partial charge in [0.15, 0.2) is 0 Å². The Morgan fingerprint density at radius 3 is 2.03 bits per heavy atom. The van der Waals surface area contributed by atoms with Crippen molar-refractivity contribution in [2.45, 2.75) is 22.6 Å². The predicted molar refractivity (Wildman–Crippen MR) is 136 cm³/mol. The number of nitriles is 1. The maximum absolute atomic E-state index is 9.10. The number of hydrogen-bond donors (Lipinski definition) is 2. The average Bonchev–Trinajstić information content (AvgIpc) is 2.80. The molecular formula is C25H26BrNO2S2. The first-order valence-electron chi connectivity index (χ1n) is 10.0. The molecule has 0 fully saturated rings. The number of halogens is 1. The molecule has 31 heavy (non-hydrogen) atoms. The summed E-state index contributed by atoms with van der Waals surface area (Å²) in [5, 5.41) is 26.4. The van der Waals surface area contributed by atoms with Crippen LogP contribution >= 0.6 is 39.5 Å². The lowest BCUT2D eigenvalue weighted by Crippen LogP contribution is -1.86. The van der Waals surface area contributed by atoms with Gasteiger partial charge in [0, 0.05) is 39.0 Å². The topological polar surface area (TPSA) is 64.2 Å². The molecule has 0 aliphatic heterocycles. The maximum Gasteiger partial charge on any atom is 0.0998 e. The summed E-state index contributed by atoms with van der Waals surface area (Å²) in [6.45, 7) is 0.516. The number of aliphatic hydroxyl groups is 2. The number of benzene rings is 3. The van der Waals surface area contributed by atoms with E-state index in [0.29, 0.717) is 5.56 Å². The summed E-state index contributed by atoms with van der Waals surface area (Å²) in [5.74, 6) is 1.90. The fourth-order valence-electron chi connectivity index (χ4n) is 2.63. The summed E-state index contributed by atoms with van der Waals surface area (Å²) in [7, 11) is 0. The first-order chi connectivity index (χ1) is 15.2. The molecule has 2 N–H and O–H groups in total. The highest BCUT2D eigenvalue weighted by molar-refractivity contribution is 9.10. The predicted octanol–water partition coefficient (Wildman–Crippen LogP) is 6.62. The maximum atomic E-state index is 9.10. The summed E-state index contributed by atoms with van der Waals surface area (Å²) in [5.41, 5.74) is 2.73. The summed E-state index contributed by atoms with van der Waals surface area (Å²) >= 11 is 6.91. The molecule has 0 saturated carbocycles. The molecule has 162 valence electrons. The zero-order chi connectivity index (χ0) is 22.3. The van der Waals surface area contributed by atoms with Gasteiger partial charge in [0.2, 0.25) is 0 Å². The minimum Gasteiger partial charge on any atom is -0.396 e. The van der Waals surface area contributed by atoms with Gasteiger partial charge in [-0.3, -0.25) is 0 Å². The van der Waals surface area contributed by atoms with Crippen LogP contribution in [0.3, 0.4) is 0 Å². The van der Waals surface area contributed by atoms with Gasteiger partial charge < -0.3 is 10.2 Å². The van der Waals surface area contributed by atoms with Crippen molar-refractivity contribution in [3.8, 4) is 17.2 Å². The van der Waals surface area contributed by atoms with E-state index in [9.17, 15) is 0 Å². The molecule has 0 aliphatic carbocycles. The van der Waals surface area contributed by atoms with Gasteiger partial charge in [-0.25, -0.2) is 0 Å². The third-order valence-electron chi connectivity index (χ3n) is 4.15. The number of nitrogens with zero attached hydrogens (tertiary/aromatic N) is 1. The van der Waals surface area contributed by atoms with Gasteiger partial charge in [0.25, 0.3) is 0 Å². The first-order valence-corrected chi connectivity index (χ1v) is 12.8. The molecule has 0 aliphatic rings. The van der Waals surface area contributed by atoms with E-state index in [1.54, 1.807) is 23.5 Å². The third kappa shape index (κ3) is 9.51. The smallest absolute Gasteiger partial charge is 0.0998 e. The van der Waals surface area contributed by atoms with Gasteiger partial charge in [-0.1, -0.05) is 52.3 Å². The van der Waals surface area contributed by atoms with Crippen LogP contribution < -0.4 is 0 Å². The molecule has 6 heteroatoms. The van der Waals surface area contributed by atoms with E-state index in [1.807, 2.05) is 48.5 Å². The van der Waals surface area contributed by atoms with Crippen LogP contribution in [-0.4, -0.2) is 34.9 Å².